The zero-order chi connectivity index (χ0) is 16.2. The van der Waals surface area contributed by atoms with Crippen LogP contribution in [0.3, 0.4) is 0 Å². The SMILES string of the molecule is CCOC(=O)c1[nH]cc(-c2ccc(C)cc2)c1N1CCOCC1. The summed E-state index contributed by atoms with van der Waals surface area (Å²) in [6.45, 7) is 7.11. The van der Waals surface area contributed by atoms with Crippen LogP contribution in [0.15, 0.2) is 30.5 Å². The maximum absolute atomic E-state index is 12.3. The van der Waals surface area contributed by atoms with Gasteiger partial charge in [-0.25, -0.2) is 4.79 Å². The Hall–Kier alpha value is -2.27. The summed E-state index contributed by atoms with van der Waals surface area (Å²) in [5.41, 5.74) is 4.75. The molecule has 0 radical (unpaired) electrons. The van der Waals surface area contributed by atoms with Crippen LogP contribution in [-0.2, 0) is 9.47 Å². The van der Waals surface area contributed by atoms with Crippen molar-refractivity contribution >= 4 is 11.7 Å². The molecule has 1 N–H and O–H groups in total. The number of morpholine rings is 1. The molecular formula is C18H22N2O3. The van der Waals surface area contributed by atoms with Crippen molar-refractivity contribution in [2.24, 2.45) is 0 Å². The van der Waals surface area contributed by atoms with Gasteiger partial charge >= 0.3 is 5.97 Å². The van der Waals surface area contributed by atoms with Crippen molar-refractivity contribution < 1.29 is 14.3 Å². The number of anilines is 1. The largest absolute Gasteiger partial charge is 0.461 e. The highest BCUT2D eigenvalue weighted by Crippen LogP contribution is 2.35. The molecule has 0 bridgehead atoms. The highest BCUT2D eigenvalue weighted by atomic mass is 16.5. The molecule has 5 nitrogen and oxygen atoms in total. The van der Waals surface area contributed by atoms with Gasteiger partial charge in [0, 0.05) is 24.8 Å². The standard InChI is InChI=1S/C18H22N2O3/c1-3-23-18(21)16-17(20-8-10-22-11-9-20)15(12-19-16)14-6-4-13(2)5-7-14/h4-7,12,19H,3,8-11H2,1-2H3. The molecule has 1 aromatic heterocycles. The van der Waals surface area contributed by atoms with Gasteiger partial charge < -0.3 is 19.4 Å². The Kier molecular flexibility index (Phi) is 4.67. The van der Waals surface area contributed by atoms with Crippen molar-refractivity contribution in [2.75, 3.05) is 37.8 Å². The minimum Gasteiger partial charge on any atom is -0.461 e. The van der Waals surface area contributed by atoms with Gasteiger partial charge in [0.2, 0.25) is 0 Å². The molecular weight excluding hydrogens is 292 g/mol. The molecule has 0 aliphatic carbocycles. The average molecular weight is 314 g/mol. The number of hydrogen-bond donors (Lipinski definition) is 1. The van der Waals surface area contributed by atoms with Crippen molar-refractivity contribution in [3.8, 4) is 11.1 Å². The number of nitrogens with zero attached hydrogens (tertiary/aromatic N) is 1. The Morgan fingerprint density at radius 2 is 1.96 bits per heavy atom. The average Bonchev–Trinajstić information content (AvgIpc) is 3.01. The third kappa shape index (κ3) is 3.24. The Morgan fingerprint density at radius 3 is 2.61 bits per heavy atom. The highest BCUT2D eigenvalue weighted by molar-refractivity contribution is 5.99. The number of aromatic amines is 1. The second kappa shape index (κ2) is 6.87. The summed E-state index contributed by atoms with van der Waals surface area (Å²) in [7, 11) is 0. The summed E-state index contributed by atoms with van der Waals surface area (Å²) in [4.78, 5) is 17.6. The maximum atomic E-state index is 12.3. The maximum Gasteiger partial charge on any atom is 0.356 e. The van der Waals surface area contributed by atoms with Crippen LogP contribution in [0.5, 0.6) is 0 Å². The van der Waals surface area contributed by atoms with Crippen LogP contribution in [0.1, 0.15) is 23.0 Å². The number of carbonyl (C=O) groups excluding carboxylic acids is 1. The number of esters is 1. The fraction of sp³-hybridized carbons (Fsp3) is 0.389. The fourth-order valence-corrected chi connectivity index (χ4v) is 2.84. The van der Waals surface area contributed by atoms with Gasteiger partial charge in [0.05, 0.1) is 25.5 Å². The smallest absolute Gasteiger partial charge is 0.356 e. The number of nitrogens with one attached hydrogen (secondary N) is 1. The van der Waals surface area contributed by atoms with E-state index in [9.17, 15) is 4.79 Å². The number of ether oxygens (including phenoxy) is 2. The van der Waals surface area contributed by atoms with Crippen molar-refractivity contribution in [1.29, 1.82) is 0 Å². The summed E-state index contributed by atoms with van der Waals surface area (Å²) < 4.78 is 10.6. The van der Waals surface area contributed by atoms with E-state index in [-0.39, 0.29) is 5.97 Å². The molecule has 1 aliphatic heterocycles. The molecule has 2 heterocycles. The van der Waals surface area contributed by atoms with Crippen LogP contribution < -0.4 is 4.90 Å². The van der Waals surface area contributed by atoms with Crippen molar-refractivity contribution in [1.82, 2.24) is 4.98 Å². The first kappa shape index (κ1) is 15.6. The number of aromatic nitrogens is 1. The van der Waals surface area contributed by atoms with Gasteiger partial charge in [-0.3, -0.25) is 0 Å². The second-order valence-corrected chi connectivity index (χ2v) is 5.61. The van der Waals surface area contributed by atoms with Gasteiger partial charge in [-0.05, 0) is 19.4 Å². The lowest BCUT2D eigenvalue weighted by atomic mass is 10.0. The van der Waals surface area contributed by atoms with E-state index in [0.29, 0.717) is 25.5 Å². The second-order valence-electron chi connectivity index (χ2n) is 5.61. The van der Waals surface area contributed by atoms with E-state index >= 15 is 0 Å². The molecule has 122 valence electrons. The van der Waals surface area contributed by atoms with Crippen LogP contribution >= 0.6 is 0 Å². The normalized spacial score (nSPS) is 14.8. The van der Waals surface area contributed by atoms with Gasteiger partial charge in [-0.15, -0.1) is 0 Å². The molecule has 2 aromatic rings. The Balaban J connectivity index is 2.04. The van der Waals surface area contributed by atoms with E-state index < -0.39 is 0 Å². The molecule has 0 atom stereocenters. The first-order chi connectivity index (χ1) is 11.2. The molecule has 23 heavy (non-hydrogen) atoms. The quantitative estimate of drug-likeness (QED) is 0.882. The number of carbonyl (C=O) groups is 1. The summed E-state index contributed by atoms with van der Waals surface area (Å²) in [6.07, 6.45) is 1.89. The molecule has 5 heteroatoms. The monoisotopic (exact) mass is 314 g/mol. The highest BCUT2D eigenvalue weighted by Gasteiger charge is 2.25. The summed E-state index contributed by atoms with van der Waals surface area (Å²) in [5.74, 6) is -0.313. The lowest BCUT2D eigenvalue weighted by Crippen LogP contribution is -2.37. The molecule has 0 spiro atoms. The van der Waals surface area contributed by atoms with E-state index in [0.717, 1.165) is 29.9 Å². The third-order valence-corrected chi connectivity index (χ3v) is 4.02. The van der Waals surface area contributed by atoms with Gasteiger partial charge in [0.15, 0.2) is 0 Å². The van der Waals surface area contributed by atoms with Crippen molar-refractivity contribution in [2.45, 2.75) is 13.8 Å². The molecule has 1 aliphatic rings. The van der Waals surface area contributed by atoms with Gasteiger partial charge in [0.25, 0.3) is 0 Å². The molecule has 1 fully saturated rings. The zero-order valence-corrected chi connectivity index (χ0v) is 13.6. The fourth-order valence-electron chi connectivity index (χ4n) is 2.84. The lowest BCUT2D eigenvalue weighted by Gasteiger charge is -2.30. The predicted molar refractivity (Wildman–Crippen MR) is 90.0 cm³/mol. The van der Waals surface area contributed by atoms with E-state index in [1.807, 2.05) is 13.1 Å². The van der Waals surface area contributed by atoms with E-state index in [1.54, 1.807) is 0 Å². The Labute approximate surface area is 136 Å². The molecule has 3 rings (SSSR count). The van der Waals surface area contributed by atoms with Crippen LogP contribution in [0.4, 0.5) is 5.69 Å². The summed E-state index contributed by atoms with van der Waals surface area (Å²) in [5, 5.41) is 0. The minimum atomic E-state index is -0.313. The van der Waals surface area contributed by atoms with Crippen molar-refractivity contribution in [3.63, 3.8) is 0 Å². The zero-order valence-electron chi connectivity index (χ0n) is 13.6. The number of benzene rings is 1. The Bertz CT molecular complexity index is 670. The lowest BCUT2D eigenvalue weighted by molar-refractivity contribution is 0.0520. The first-order valence-electron chi connectivity index (χ1n) is 7.99. The van der Waals surface area contributed by atoms with Crippen LogP contribution in [0.2, 0.25) is 0 Å². The van der Waals surface area contributed by atoms with Crippen LogP contribution in [0, 0.1) is 6.92 Å². The molecule has 1 aromatic carbocycles. The van der Waals surface area contributed by atoms with Gasteiger partial charge in [-0.2, -0.15) is 0 Å². The summed E-state index contributed by atoms with van der Waals surface area (Å²) in [6, 6.07) is 8.32. The van der Waals surface area contributed by atoms with Crippen LogP contribution in [0.25, 0.3) is 11.1 Å². The van der Waals surface area contributed by atoms with E-state index in [1.165, 1.54) is 5.56 Å². The van der Waals surface area contributed by atoms with Crippen molar-refractivity contribution in [3.05, 3.63) is 41.7 Å². The van der Waals surface area contributed by atoms with Crippen LogP contribution in [-0.4, -0.2) is 43.9 Å². The van der Waals surface area contributed by atoms with E-state index in [4.69, 9.17) is 9.47 Å². The molecule has 0 saturated carbocycles. The van der Waals surface area contributed by atoms with Gasteiger partial charge in [0.1, 0.15) is 5.69 Å². The number of H-pyrrole nitrogens is 1. The molecule has 0 unspecified atom stereocenters. The molecule has 1 saturated heterocycles. The number of hydrogen-bond acceptors (Lipinski definition) is 4. The third-order valence-electron chi connectivity index (χ3n) is 4.02. The van der Waals surface area contributed by atoms with Gasteiger partial charge in [-0.1, -0.05) is 29.8 Å². The molecule has 0 amide bonds. The summed E-state index contributed by atoms with van der Waals surface area (Å²) >= 11 is 0. The topological polar surface area (TPSA) is 54.6 Å². The number of aryl methyl sites for hydroxylation is 1. The van der Waals surface area contributed by atoms with E-state index in [2.05, 4.69) is 41.1 Å². The minimum absolute atomic E-state index is 0.313. The Morgan fingerprint density at radius 1 is 1.26 bits per heavy atom. The first-order valence-corrected chi connectivity index (χ1v) is 7.99. The number of rotatable bonds is 4. The predicted octanol–water partition coefficient (Wildman–Crippen LogP) is 3.00.